The van der Waals surface area contributed by atoms with Crippen LogP contribution in [-0.4, -0.2) is 64.4 Å². The molecule has 1 spiro atoms. The minimum atomic E-state index is -1.01. The molecule has 9 atom stereocenters. The highest BCUT2D eigenvalue weighted by atomic mass is 17.3. The van der Waals surface area contributed by atoms with Crippen molar-refractivity contribution in [3.8, 4) is 0 Å². The first-order chi connectivity index (χ1) is 16.1. The summed E-state index contributed by atoms with van der Waals surface area (Å²) in [5.74, 6) is -2.25. The molecule has 6 rings (SSSR count). The monoisotopic (exact) mass is 481 g/mol. The van der Waals surface area contributed by atoms with Gasteiger partial charge in [-0.2, -0.15) is 0 Å². The van der Waals surface area contributed by atoms with Gasteiger partial charge < -0.3 is 24.2 Å². The number of rotatable bonds is 5. The lowest BCUT2D eigenvalue weighted by Gasteiger charge is -2.59. The van der Waals surface area contributed by atoms with E-state index in [2.05, 4.69) is 6.92 Å². The van der Waals surface area contributed by atoms with Crippen LogP contribution in [0.4, 0.5) is 0 Å². The van der Waals surface area contributed by atoms with Crippen molar-refractivity contribution in [1.29, 1.82) is 0 Å². The van der Waals surface area contributed by atoms with Crippen molar-refractivity contribution in [2.45, 2.75) is 102 Å². The highest BCUT2D eigenvalue weighted by Crippen LogP contribution is 2.60. The molecular formula is C24H35NO9. The largest absolute Gasteiger partial charge is 0.480 e. The third kappa shape index (κ3) is 3.83. The van der Waals surface area contributed by atoms with Gasteiger partial charge in [0, 0.05) is 31.2 Å². The Morgan fingerprint density at radius 2 is 1.85 bits per heavy atom. The van der Waals surface area contributed by atoms with Gasteiger partial charge in [-0.3, -0.25) is 9.59 Å². The van der Waals surface area contributed by atoms with E-state index >= 15 is 0 Å². The molecule has 6 fully saturated rings. The molecule has 5 aliphatic heterocycles. The maximum Gasteiger partial charge on any atom is 0.326 e. The topological polar surface area (TPSA) is 121 Å². The number of ether oxygens (including phenoxy) is 3. The first-order valence-electron chi connectivity index (χ1n) is 12.6. The fraction of sp³-hybridized carbons (Fsp3) is 0.875. The number of hydrogen-bond acceptors (Lipinski definition) is 8. The van der Waals surface area contributed by atoms with Crippen LogP contribution in [0.15, 0.2) is 0 Å². The molecule has 10 nitrogen and oxygen atoms in total. The number of amides is 1. The molecule has 2 unspecified atom stereocenters. The summed E-state index contributed by atoms with van der Waals surface area (Å²) in [6.07, 6.45) is 2.89. The molecule has 0 aromatic heterocycles. The molecule has 1 aliphatic carbocycles. The highest BCUT2D eigenvalue weighted by molar-refractivity contribution is 5.86. The van der Waals surface area contributed by atoms with Gasteiger partial charge in [0.05, 0.1) is 6.42 Å². The fourth-order valence-electron chi connectivity index (χ4n) is 6.87. The number of nitrogens with zero attached hydrogens (tertiary/aromatic N) is 1. The lowest BCUT2D eigenvalue weighted by Crippen LogP contribution is -2.70. The van der Waals surface area contributed by atoms with Gasteiger partial charge in [0.2, 0.25) is 18.0 Å². The van der Waals surface area contributed by atoms with E-state index in [1.54, 1.807) is 0 Å². The van der Waals surface area contributed by atoms with Crippen LogP contribution in [0.5, 0.6) is 0 Å². The molecule has 0 radical (unpaired) electrons. The SMILES string of the molecule is C[C@H]1[C@H](OC(=O)CCC(=O)N2CCCC2C(=O)O)O[C@@H]2O[C@]3(C)CC[C@H]4[C@H](C)CC[C@@H]1C24OO3. The lowest BCUT2D eigenvalue weighted by atomic mass is 9.58. The van der Waals surface area contributed by atoms with E-state index in [1.807, 2.05) is 13.8 Å². The maximum atomic E-state index is 12.7. The van der Waals surface area contributed by atoms with E-state index in [0.717, 1.165) is 19.3 Å². The van der Waals surface area contributed by atoms with Crippen LogP contribution in [0.2, 0.25) is 0 Å². The minimum absolute atomic E-state index is 0.0375. The van der Waals surface area contributed by atoms with Crippen LogP contribution in [0.1, 0.15) is 72.1 Å². The van der Waals surface area contributed by atoms with Crippen LogP contribution in [0, 0.1) is 23.7 Å². The van der Waals surface area contributed by atoms with Crippen molar-refractivity contribution in [2.24, 2.45) is 23.7 Å². The number of carbonyl (C=O) groups is 3. The van der Waals surface area contributed by atoms with Crippen LogP contribution in [0.3, 0.4) is 0 Å². The van der Waals surface area contributed by atoms with Crippen LogP contribution in [0.25, 0.3) is 0 Å². The second kappa shape index (κ2) is 8.72. The summed E-state index contributed by atoms with van der Waals surface area (Å²) in [5.41, 5.74) is -0.729. The van der Waals surface area contributed by atoms with Gasteiger partial charge >= 0.3 is 11.9 Å². The summed E-state index contributed by atoms with van der Waals surface area (Å²) in [7, 11) is 0. The quantitative estimate of drug-likeness (QED) is 0.466. The molecule has 1 saturated carbocycles. The zero-order valence-electron chi connectivity index (χ0n) is 20.1. The Morgan fingerprint density at radius 1 is 1.06 bits per heavy atom. The number of esters is 1. The molecule has 1 N–H and O–H groups in total. The zero-order valence-corrected chi connectivity index (χ0v) is 20.1. The summed E-state index contributed by atoms with van der Waals surface area (Å²) < 4.78 is 18.2. The summed E-state index contributed by atoms with van der Waals surface area (Å²) in [4.78, 5) is 49.8. The highest BCUT2D eigenvalue weighted by Gasteiger charge is 2.69. The van der Waals surface area contributed by atoms with E-state index in [1.165, 1.54) is 4.90 Å². The molecule has 0 aromatic carbocycles. The number of likely N-dealkylation sites (tertiary alicyclic amines) is 1. The molecule has 1 amide bonds. The Bertz CT molecular complexity index is 850. The number of hydrogen-bond donors (Lipinski definition) is 1. The number of carbonyl (C=O) groups excluding carboxylic acids is 2. The van der Waals surface area contributed by atoms with Gasteiger partial charge in [0.25, 0.3) is 0 Å². The third-order valence-corrected chi connectivity index (χ3v) is 8.75. The first kappa shape index (κ1) is 24.0. The molecule has 5 saturated heterocycles. The Morgan fingerprint density at radius 3 is 2.62 bits per heavy atom. The zero-order chi connectivity index (χ0) is 24.3. The summed E-state index contributed by atoms with van der Waals surface area (Å²) >= 11 is 0. The van der Waals surface area contributed by atoms with Crippen LogP contribution >= 0.6 is 0 Å². The van der Waals surface area contributed by atoms with Gasteiger partial charge in [-0.05, 0) is 50.9 Å². The van der Waals surface area contributed by atoms with E-state index < -0.39 is 41.9 Å². The summed E-state index contributed by atoms with van der Waals surface area (Å²) in [6.45, 7) is 6.47. The van der Waals surface area contributed by atoms with Crippen molar-refractivity contribution < 1.29 is 43.5 Å². The van der Waals surface area contributed by atoms with Crippen molar-refractivity contribution in [1.82, 2.24) is 4.90 Å². The Labute approximate surface area is 199 Å². The van der Waals surface area contributed by atoms with Gasteiger partial charge in [-0.15, -0.1) is 0 Å². The van der Waals surface area contributed by atoms with Gasteiger partial charge in [-0.25, -0.2) is 14.6 Å². The van der Waals surface area contributed by atoms with Crippen molar-refractivity contribution >= 4 is 17.8 Å². The molecule has 190 valence electrons. The lowest BCUT2D eigenvalue weighted by molar-refractivity contribution is -0.576. The Balaban J connectivity index is 1.25. The molecule has 6 aliphatic rings. The second-order valence-electron chi connectivity index (χ2n) is 10.8. The average molecular weight is 482 g/mol. The van der Waals surface area contributed by atoms with Crippen molar-refractivity contribution in [3.63, 3.8) is 0 Å². The van der Waals surface area contributed by atoms with Crippen molar-refractivity contribution in [2.75, 3.05) is 6.54 Å². The summed E-state index contributed by atoms with van der Waals surface area (Å²) in [6, 6.07) is -0.811. The molecule has 10 heteroatoms. The normalized spacial score (nSPS) is 45.4. The molecule has 5 heterocycles. The number of carboxylic acid groups (broad SMARTS) is 1. The smallest absolute Gasteiger partial charge is 0.326 e. The predicted molar refractivity (Wildman–Crippen MR) is 115 cm³/mol. The van der Waals surface area contributed by atoms with Crippen molar-refractivity contribution in [3.05, 3.63) is 0 Å². The molecule has 34 heavy (non-hydrogen) atoms. The molecular weight excluding hydrogens is 446 g/mol. The van der Waals surface area contributed by atoms with Gasteiger partial charge in [0.1, 0.15) is 6.04 Å². The number of aliphatic carboxylic acids is 1. The Hall–Kier alpha value is -1.75. The Kier molecular flexibility index (Phi) is 6.15. The standard InChI is InChI=1S/C24H35NO9/c1-13-6-7-16-14(2)21(31-22-24(16)15(13)10-11-23(3,32-22)33-34-24)30-19(27)9-8-18(26)25-12-4-5-17(25)20(28)29/h13-17,21-22H,4-12H2,1-3H3,(H,28,29)/t13-,14-,15+,16+,17?,21-,22-,23+,24?/m1/s1. The summed E-state index contributed by atoms with van der Waals surface area (Å²) in [5, 5.41) is 9.29. The van der Waals surface area contributed by atoms with Crippen LogP contribution < -0.4 is 0 Å². The molecule has 0 aromatic rings. The van der Waals surface area contributed by atoms with E-state index in [-0.39, 0.29) is 36.5 Å². The predicted octanol–water partition coefficient (Wildman–Crippen LogP) is 2.59. The minimum Gasteiger partial charge on any atom is -0.480 e. The second-order valence-corrected chi connectivity index (χ2v) is 10.8. The third-order valence-electron chi connectivity index (χ3n) is 8.75. The maximum absolute atomic E-state index is 12.7. The van der Waals surface area contributed by atoms with Crippen LogP contribution in [-0.2, 0) is 38.4 Å². The average Bonchev–Trinajstić information content (AvgIpc) is 3.18. The number of carboxylic acids is 1. The van der Waals surface area contributed by atoms with Gasteiger partial charge in [-0.1, -0.05) is 13.8 Å². The number of fused-ring (bicyclic) bond motifs is 2. The van der Waals surface area contributed by atoms with E-state index in [4.69, 9.17) is 24.0 Å². The van der Waals surface area contributed by atoms with E-state index in [0.29, 0.717) is 31.7 Å². The van der Waals surface area contributed by atoms with E-state index in [9.17, 15) is 19.5 Å². The fourth-order valence-corrected chi connectivity index (χ4v) is 6.87. The van der Waals surface area contributed by atoms with Gasteiger partial charge in [0.15, 0.2) is 11.9 Å². The first-order valence-corrected chi connectivity index (χ1v) is 12.6. The molecule has 2 bridgehead atoms.